The van der Waals surface area contributed by atoms with Gasteiger partial charge in [-0.1, -0.05) is 17.7 Å². The number of aromatic nitrogens is 1. The molecule has 0 atom stereocenters. The molecule has 6 nitrogen and oxygen atoms in total. The first-order chi connectivity index (χ1) is 17.4. The molecule has 0 aliphatic rings. The Balaban J connectivity index is 1.20. The summed E-state index contributed by atoms with van der Waals surface area (Å²) in [7, 11) is 0. The van der Waals surface area contributed by atoms with Gasteiger partial charge in [0.15, 0.2) is 10.7 Å². The maximum Gasteiger partial charge on any atom is 0.250 e. The monoisotopic (exact) mass is 517 g/mol. The van der Waals surface area contributed by atoms with Crippen molar-refractivity contribution in [2.75, 3.05) is 5.32 Å². The summed E-state index contributed by atoms with van der Waals surface area (Å²) in [4.78, 5) is 16.7. The molecule has 5 aromatic rings. The molecule has 0 bridgehead atoms. The van der Waals surface area contributed by atoms with Crippen LogP contribution in [0.2, 0.25) is 5.02 Å². The number of thiocarbonyl (C=S) groups is 1. The number of oxazole rings is 1. The van der Waals surface area contributed by atoms with Crippen LogP contribution in [0.15, 0.2) is 93.8 Å². The minimum Gasteiger partial charge on any atom is -0.457 e. The van der Waals surface area contributed by atoms with Crippen molar-refractivity contribution >= 4 is 57.7 Å². The van der Waals surface area contributed by atoms with Crippen LogP contribution >= 0.6 is 23.8 Å². The van der Waals surface area contributed by atoms with E-state index in [4.69, 9.17) is 32.7 Å². The summed E-state index contributed by atoms with van der Waals surface area (Å²) in [5.74, 6) is 0.682. The van der Waals surface area contributed by atoms with Crippen LogP contribution in [-0.4, -0.2) is 16.0 Å². The number of benzene rings is 3. The van der Waals surface area contributed by atoms with E-state index in [1.807, 2.05) is 18.2 Å². The van der Waals surface area contributed by atoms with E-state index in [-0.39, 0.29) is 10.9 Å². The molecule has 3 aromatic carbocycles. The zero-order valence-corrected chi connectivity index (χ0v) is 20.1. The van der Waals surface area contributed by atoms with Crippen LogP contribution in [0.4, 0.5) is 10.1 Å². The minimum absolute atomic E-state index is 0.110. The number of fused-ring (bicyclic) bond motifs is 1. The molecule has 0 spiro atoms. The Bertz CT molecular complexity index is 1610. The van der Waals surface area contributed by atoms with Crippen LogP contribution in [0.1, 0.15) is 5.76 Å². The second-order valence-electron chi connectivity index (χ2n) is 7.70. The summed E-state index contributed by atoms with van der Waals surface area (Å²) < 4.78 is 25.0. The molecular formula is C27H17ClFN3O3S. The van der Waals surface area contributed by atoms with Gasteiger partial charge in [-0.15, -0.1) is 0 Å². The first kappa shape index (κ1) is 23.5. The largest absolute Gasteiger partial charge is 0.457 e. The molecule has 0 fully saturated rings. The molecule has 5 rings (SSSR count). The average Bonchev–Trinajstić information content (AvgIpc) is 3.50. The topological polar surface area (TPSA) is 80.3 Å². The maximum atomic E-state index is 13.5. The minimum atomic E-state index is -0.423. The predicted octanol–water partition coefficient (Wildman–Crippen LogP) is 7.07. The van der Waals surface area contributed by atoms with E-state index in [2.05, 4.69) is 15.6 Å². The lowest BCUT2D eigenvalue weighted by atomic mass is 10.2. The van der Waals surface area contributed by atoms with Crippen molar-refractivity contribution in [1.29, 1.82) is 0 Å². The van der Waals surface area contributed by atoms with Gasteiger partial charge in [0.25, 0.3) is 0 Å². The second-order valence-corrected chi connectivity index (χ2v) is 8.54. The molecule has 0 aliphatic heterocycles. The van der Waals surface area contributed by atoms with Crippen LogP contribution in [0.3, 0.4) is 0 Å². The van der Waals surface area contributed by atoms with Gasteiger partial charge >= 0.3 is 0 Å². The van der Waals surface area contributed by atoms with E-state index in [1.54, 1.807) is 54.6 Å². The molecule has 0 radical (unpaired) electrons. The fourth-order valence-electron chi connectivity index (χ4n) is 3.44. The molecule has 0 aliphatic carbocycles. The smallest absolute Gasteiger partial charge is 0.250 e. The lowest BCUT2D eigenvalue weighted by molar-refractivity contribution is -0.115. The Labute approximate surface area is 215 Å². The molecular weight excluding hydrogens is 501 g/mol. The first-order valence-electron chi connectivity index (χ1n) is 10.8. The molecule has 2 aromatic heterocycles. The fourth-order valence-corrected chi connectivity index (χ4v) is 3.78. The third-order valence-electron chi connectivity index (χ3n) is 5.11. The highest BCUT2D eigenvalue weighted by atomic mass is 35.5. The molecule has 0 saturated carbocycles. The van der Waals surface area contributed by atoms with E-state index in [1.165, 1.54) is 18.2 Å². The third kappa shape index (κ3) is 5.51. The van der Waals surface area contributed by atoms with Crippen molar-refractivity contribution in [2.45, 2.75) is 0 Å². The van der Waals surface area contributed by atoms with Gasteiger partial charge in [0.05, 0.1) is 0 Å². The highest BCUT2D eigenvalue weighted by molar-refractivity contribution is 7.80. The zero-order chi connectivity index (χ0) is 25.1. The van der Waals surface area contributed by atoms with Crippen molar-refractivity contribution in [2.24, 2.45) is 0 Å². The van der Waals surface area contributed by atoms with Gasteiger partial charge in [-0.05, 0) is 91.1 Å². The summed E-state index contributed by atoms with van der Waals surface area (Å²) in [6.07, 6.45) is 2.87. The Morgan fingerprint density at radius 3 is 2.61 bits per heavy atom. The summed E-state index contributed by atoms with van der Waals surface area (Å²) in [5.41, 5.74) is 3.11. The Morgan fingerprint density at radius 1 is 0.972 bits per heavy atom. The number of amides is 1. The fraction of sp³-hybridized carbons (Fsp3) is 0. The number of carbonyl (C=O) groups is 1. The Hall–Kier alpha value is -4.27. The molecule has 2 N–H and O–H groups in total. The number of carbonyl (C=O) groups excluding carboxylic acids is 1. The van der Waals surface area contributed by atoms with Crippen molar-refractivity contribution in [3.05, 3.63) is 102 Å². The van der Waals surface area contributed by atoms with Crippen LogP contribution in [-0.2, 0) is 4.79 Å². The number of anilines is 1. The van der Waals surface area contributed by atoms with Crippen molar-refractivity contribution < 1.29 is 18.0 Å². The Kier molecular flexibility index (Phi) is 6.62. The molecule has 0 unspecified atom stereocenters. The summed E-state index contributed by atoms with van der Waals surface area (Å²) in [5, 5.41) is 6.27. The number of hydrogen-bond donors (Lipinski definition) is 2. The van der Waals surface area contributed by atoms with Gasteiger partial charge in [-0.2, -0.15) is 0 Å². The van der Waals surface area contributed by atoms with Crippen LogP contribution < -0.4 is 10.6 Å². The lowest BCUT2D eigenvalue weighted by Crippen LogP contribution is -2.32. The first-order valence-corrected chi connectivity index (χ1v) is 11.5. The van der Waals surface area contributed by atoms with E-state index in [0.29, 0.717) is 44.8 Å². The van der Waals surface area contributed by atoms with Crippen molar-refractivity contribution in [3.8, 4) is 22.8 Å². The van der Waals surface area contributed by atoms with Crippen molar-refractivity contribution in [3.63, 3.8) is 0 Å². The average molecular weight is 518 g/mol. The van der Waals surface area contributed by atoms with E-state index in [0.717, 1.165) is 5.56 Å². The number of nitrogens with zero attached hydrogens (tertiary/aromatic N) is 1. The molecule has 9 heteroatoms. The van der Waals surface area contributed by atoms with Crippen LogP contribution in [0, 0.1) is 5.82 Å². The summed E-state index contributed by atoms with van der Waals surface area (Å²) in [6, 6.07) is 22.0. The van der Waals surface area contributed by atoms with Gasteiger partial charge in [-0.3, -0.25) is 10.1 Å². The molecule has 2 heterocycles. The Morgan fingerprint density at radius 2 is 1.81 bits per heavy atom. The van der Waals surface area contributed by atoms with E-state index < -0.39 is 5.91 Å². The number of furan rings is 1. The predicted molar refractivity (Wildman–Crippen MR) is 142 cm³/mol. The highest BCUT2D eigenvalue weighted by Crippen LogP contribution is 2.27. The molecule has 0 saturated heterocycles. The van der Waals surface area contributed by atoms with Gasteiger partial charge in [0.1, 0.15) is 22.9 Å². The molecule has 178 valence electrons. The quantitative estimate of drug-likeness (QED) is 0.192. The molecule has 36 heavy (non-hydrogen) atoms. The normalized spacial score (nSPS) is 11.2. The van der Waals surface area contributed by atoms with Gasteiger partial charge in [0.2, 0.25) is 11.8 Å². The number of nitrogens with one attached hydrogen (secondary N) is 2. The summed E-state index contributed by atoms with van der Waals surface area (Å²) in [6.45, 7) is 0. The standard InChI is InChI=1S/C27H17ClFN3O3S/c28-18-6-4-16(5-7-18)23-12-9-21(34-23)10-13-25(33)32-27(36)30-20-8-11-24-22(15-20)31-26(35-24)17-2-1-3-19(29)14-17/h1-15H,(H2,30,32,33,36). The van der Waals surface area contributed by atoms with Crippen LogP contribution in [0.5, 0.6) is 0 Å². The van der Waals surface area contributed by atoms with Gasteiger partial charge < -0.3 is 14.2 Å². The third-order valence-corrected chi connectivity index (χ3v) is 5.56. The van der Waals surface area contributed by atoms with Crippen molar-refractivity contribution in [1.82, 2.24) is 10.3 Å². The zero-order valence-electron chi connectivity index (χ0n) is 18.5. The van der Waals surface area contributed by atoms with Gasteiger partial charge in [0, 0.05) is 27.9 Å². The number of halogens is 2. The van der Waals surface area contributed by atoms with E-state index >= 15 is 0 Å². The van der Waals surface area contributed by atoms with Crippen LogP contribution in [0.25, 0.3) is 40.0 Å². The lowest BCUT2D eigenvalue weighted by Gasteiger charge is -2.07. The summed E-state index contributed by atoms with van der Waals surface area (Å²) >= 11 is 11.2. The molecule has 1 amide bonds. The number of rotatable bonds is 5. The second kappa shape index (κ2) is 10.2. The SMILES string of the molecule is O=C(C=Cc1ccc(-c2ccc(Cl)cc2)o1)NC(=S)Nc1ccc2oc(-c3cccc(F)c3)nc2c1. The number of hydrogen-bond acceptors (Lipinski definition) is 5. The van der Waals surface area contributed by atoms with E-state index in [9.17, 15) is 9.18 Å². The maximum absolute atomic E-state index is 13.5. The highest BCUT2D eigenvalue weighted by Gasteiger charge is 2.11. The van der Waals surface area contributed by atoms with Gasteiger partial charge in [-0.25, -0.2) is 9.37 Å².